The van der Waals surface area contributed by atoms with E-state index in [2.05, 4.69) is 47.6 Å². The molecule has 1 N–H and O–H groups in total. The van der Waals surface area contributed by atoms with Crippen molar-refractivity contribution < 1.29 is 9.90 Å². The zero-order valence-electron chi connectivity index (χ0n) is 17.9. The van der Waals surface area contributed by atoms with Gasteiger partial charge in [-0.05, 0) is 56.7 Å². The number of nitrogens with zero attached hydrogens (tertiary/aromatic N) is 3. The Bertz CT molecular complexity index is 1020. The summed E-state index contributed by atoms with van der Waals surface area (Å²) < 4.78 is 2.26. The molecule has 1 amide bonds. The number of hydrogen-bond acceptors (Lipinski definition) is 3. The minimum absolute atomic E-state index is 0.111. The highest BCUT2D eigenvalue weighted by molar-refractivity contribution is 5.96. The summed E-state index contributed by atoms with van der Waals surface area (Å²) in [6.45, 7) is 9.26. The summed E-state index contributed by atoms with van der Waals surface area (Å²) in [5, 5.41) is 9.48. The zero-order chi connectivity index (χ0) is 21.3. The number of phenolic OH excluding ortho intramolecular Hbond substituents is 1. The lowest BCUT2D eigenvalue weighted by Gasteiger charge is -2.36. The maximum absolute atomic E-state index is 13.3. The van der Waals surface area contributed by atoms with Gasteiger partial charge in [0.25, 0.3) is 5.91 Å². The van der Waals surface area contributed by atoms with Crippen LogP contribution in [0.5, 0.6) is 5.75 Å². The number of anilines is 1. The number of aryl methyl sites for hydroxylation is 1. The van der Waals surface area contributed by atoms with Crippen molar-refractivity contribution in [2.45, 2.75) is 26.8 Å². The molecule has 2 aromatic carbocycles. The summed E-state index contributed by atoms with van der Waals surface area (Å²) in [6.07, 6.45) is 0. The van der Waals surface area contributed by atoms with E-state index in [1.807, 2.05) is 36.1 Å². The Labute approximate surface area is 178 Å². The maximum atomic E-state index is 13.3. The molecular weight excluding hydrogens is 374 g/mol. The first-order valence-corrected chi connectivity index (χ1v) is 10.5. The summed E-state index contributed by atoms with van der Waals surface area (Å²) in [6, 6.07) is 19.9. The highest BCUT2D eigenvalue weighted by Crippen LogP contribution is 2.27. The number of aromatic nitrogens is 1. The average molecular weight is 404 g/mol. The van der Waals surface area contributed by atoms with Gasteiger partial charge in [-0.2, -0.15) is 0 Å². The fourth-order valence-electron chi connectivity index (χ4n) is 4.47. The molecule has 0 aliphatic carbocycles. The molecule has 0 radical (unpaired) electrons. The van der Waals surface area contributed by atoms with Crippen molar-refractivity contribution in [1.29, 1.82) is 0 Å². The van der Waals surface area contributed by atoms with E-state index >= 15 is 0 Å². The third kappa shape index (κ3) is 3.80. The standard InChI is InChI=1S/C25H29N3O2/c1-18-17-24(20(3)28(18)19(2)21-7-5-4-6-8-21)25(30)27-15-13-26(14-16-27)22-9-11-23(29)12-10-22/h4-12,17,19,29H,13-16H2,1-3H3. The molecule has 1 unspecified atom stereocenters. The fourth-order valence-corrected chi connectivity index (χ4v) is 4.47. The molecule has 4 rings (SSSR count). The second kappa shape index (κ2) is 8.27. The molecule has 0 bridgehead atoms. The van der Waals surface area contributed by atoms with Gasteiger partial charge in [-0.1, -0.05) is 30.3 Å². The third-order valence-corrected chi connectivity index (χ3v) is 6.17. The second-order valence-electron chi connectivity index (χ2n) is 8.04. The van der Waals surface area contributed by atoms with Gasteiger partial charge in [-0.3, -0.25) is 4.79 Å². The van der Waals surface area contributed by atoms with Gasteiger partial charge in [0.1, 0.15) is 5.75 Å². The van der Waals surface area contributed by atoms with Crippen molar-refractivity contribution in [2.24, 2.45) is 0 Å². The number of carbonyl (C=O) groups is 1. The van der Waals surface area contributed by atoms with Crippen molar-refractivity contribution in [1.82, 2.24) is 9.47 Å². The van der Waals surface area contributed by atoms with Gasteiger partial charge in [0, 0.05) is 43.3 Å². The minimum Gasteiger partial charge on any atom is -0.508 e. The van der Waals surface area contributed by atoms with Gasteiger partial charge in [-0.15, -0.1) is 0 Å². The van der Waals surface area contributed by atoms with Crippen molar-refractivity contribution in [3.8, 4) is 5.75 Å². The van der Waals surface area contributed by atoms with Crippen LogP contribution in [-0.4, -0.2) is 46.7 Å². The molecule has 0 spiro atoms. The van der Waals surface area contributed by atoms with Crippen LogP contribution in [0.2, 0.25) is 0 Å². The summed E-state index contributed by atoms with van der Waals surface area (Å²) in [5.41, 5.74) is 5.24. The molecule has 30 heavy (non-hydrogen) atoms. The first-order valence-electron chi connectivity index (χ1n) is 10.5. The molecule has 1 fully saturated rings. The first-order chi connectivity index (χ1) is 14.5. The smallest absolute Gasteiger partial charge is 0.255 e. The van der Waals surface area contributed by atoms with Gasteiger partial charge >= 0.3 is 0 Å². The van der Waals surface area contributed by atoms with Gasteiger partial charge in [0.15, 0.2) is 0 Å². The lowest BCUT2D eigenvalue weighted by atomic mass is 10.1. The summed E-state index contributed by atoms with van der Waals surface area (Å²) >= 11 is 0. The molecule has 1 aromatic heterocycles. The largest absolute Gasteiger partial charge is 0.508 e. The Morgan fingerprint density at radius 2 is 1.57 bits per heavy atom. The number of rotatable bonds is 4. The van der Waals surface area contributed by atoms with E-state index in [0.29, 0.717) is 13.1 Å². The Morgan fingerprint density at radius 3 is 2.20 bits per heavy atom. The number of hydrogen-bond donors (Lipinski definition) is 1. The van der Waals surface area contributed by atoms with E-state index in [0.717, 1.165) is 35.7 Å². The van der Waals surface area contributed by atoms with E-state index in [4.69, 9.17) is 0 Å². The fraction of sp³-hybridized carbons (Fsp3) is 0.320. The number of piperazine rings is 1. The Kier molecular flexibility index (Phi) is 5.53. The molecule has 1 aliphatic rings. The third-order valence-electron chi connectivity index (χ3n) is 6.17. The van der Waals surface area contributed by atoms with Crippen LogP contribution in [0, 0.1) is 13.8 Å². The van der Waals surface area contributed by atoms with Crippen LogP contribution in [0.25, 0.3) is 0 Å². The van der Waals surface area contributed by atoms with Crippen LogP contribution in [0.3, 0.4) is 0 Å². The van der Waals surface area contributed by atoms with Gasteiger partial charge in [0.2, 0.25) is 0 Å². The minimum atomic E-state index is 0.111. The summed E-state index contributed by atoms with van der Waals surface area (Å²) in [7, 11) is 0. The molecule has 5 heteroatoms. The van der Waals surface area contributed by atoms with E-state index in [9.17, 15) is 9.90 Å². The number of benzene rings is 2. The van der Waals surface area contributed by atoms with Crippen LogP contribution >= 0.6 is 0 Å². The number of amides is 1. The van der Waals surface area contributed by atoms with Gasteiger partial charge < -0.3 is 19.5 Å². The first kappa shape index (κ1) is 20.1. The van der Waals surface area contributed by atoms with Gasteiger partial charge in [0.05, 0.1) is 11.6 Å². The van der Waals surface area contributed by atoms with Crippen molar-refractivity contribution in [3.63, 3.8) is 0 Å². The van der Waals surface area contributed by atoms with Crippen molar-refractivity contribution >= 4 is 11.6 Å². The molecule has 1 saturated heterocycles. The highest BCUT2D eigenvalue weighted by Gasteiger charge is 2.26. The van der Waals surface area contributed by atoms with Crippen molar-refractivity contribution in [3.05, 3.63) is 83.2 Å². The topological polar surface area (TPSA) is 48.7 Å². The van der Waals surface area contributed by atoms with Crippen LogP contribution in [-0.2, 0) is 0 Å². The van der Waals surface area contributed by atoms with Crippen LogP contribution < -0.4 is 4.90 Å². The van der Waals surface area contributed by atoms with E-state index < -0.39 is 0 Å². The lowest BCUT2D eigenvalue weighted by Crippen LogP contribution is -2.48. The second-order valence-corrected chi connectivity index (χ2v) is 8.04. The monoisotopic (exact) mass is 403 g/mol. The Balaban J connectivity index is 1.49. The molecule has 0 saturated carbocycles. The molecule has 5 nitrogen and oxygen atoms in total. The summed E-state index contributed by atoms with van der Waals surface area (Å²) in [5.74, 6) is 0.382. The average Bonchev–Trinajstić information content (AvgIpc) is 3.08. The van der Waals surface area contributed by atoms with Crippen LogP contribution in [0.1, 0.15) is 40.3 Å². The van der Waals surface area contributed by atoms with Crippen LogP contribution in [0.15, 0.2) is 60.7 Å². The van der Waals surface area contributed by atoms with E-state index in [-0.39, 0.29) is 17.7 Å². The normalized spacial score (nSPS) is 15.3. The lowest BCUT2D eigenvalue weighted by molar-refractivity contribution is 0.0746. The molecule has 156 valence electrons. The predicted molar refractivity (Wildman–Crippen MR) is 120 cm³/mol. The Hall–Kier alpha value is -3.21. The predicted octanol–water partition coefficient (Wildman–Crippen LogP) is 4.38. The molecule has 3 aromatic rings. The van der Waals surface area contributed by atoms with Gasteiger partial charge in [-0.25, -0.2) is 0 Å². The number of aromatic hydroxyl groups is 1. The highest BCUT2D eigenvalue weighted by atomic mass is 16.3. The molecule has 1 aliphatic heterocycles. The van der Waals surface area contributed by atoms with Crippen LogP contribution in [0.4, 0.5) is 5.69 Å². The number of carbonyl (C=O) groups excluding carboxylic acids is 1. The van der Waals surface area contributed by atoms with Crippen molar-refractivity contribution in [2.75, 3.05) is 31.1 Å². The molecule has 1 atom stereocenters. The van der Waals surface area contributed by atoms with E-state index in [1.54, 1.807) is 12.1 Å². The Morgan fingerprint density at radius 1 is 0.933 bits per heavy atom. The summed E-state index contributed by atoms with van der Waals surface area (Å²) in [4.78, 5) is 17.5. The number of phenols is 1. The maximum Gasteiger partial charge on any atom is 0.255 e. The quantitative estimate of drug-likeness (QED) is 0.703. The molecular formula is C25H29N3O2. The zero-order valence-corrected chi connectivity index (χ0v) is 17.9. The SMILES string of the molecule is Cc1cc(C(=O)N2CCN(c3ccc(O)cc3)CC2)c(C)n1C(C)c1ccccc1. The van der Waals surface area contributed by atoms with E-state index in [1.165, 1.54) is 5.56 Å². The molecule has 2 heterocycles.